The van der Waals surface area contributed by atoms with Crippen LogP contribution in [0.5, 0.6) is 0 Å². The van der Waals surface area contributed by atoms with Gasteiger partial charge < -0.3 is 25.5 Å². The normalized spacial score (nSPS) is 27.4. The topological polar surface area (TPSA) is 282 Å². The fourth-order valence-electron chi connectivity index (χ4n) is 19.2. The maximum absolute atomic E-state index is 14.6. The number of thiazole rings is 1. The monoisotopic (exact) mass is 1340 g/mol. The second-order valence-corrected chi connectivity index (χ2v) is 35.2. The molecule has 22 nitrogen and oxygen atoms in total. The van der Waals surface area contributed by atoms with Gasteiger partial charge in [0.25, 0.3) is 30.1 Å². The maximum atomic E-state index is 14.6. The van der Waals surface area contributed by atoms with Crippen LogP contribution in [-0.4, -0.2) is 117 Å². The van der Waals surface area contributed by atoms with E-state index in [1.54, 1.807) is 12.3 Å². The molecule has 0 saturated carbocycles. The fraction of sp³-hybridized carbons (Fsp3) is 0.537. The number of anilines is 3. The first-order valence-corrected chi connectivity index (χ1v) is 39.1. The highest BCUT2D eigenvalue weighted by atomic mass is 32.2. The molecule has 12 heterocycles. The first kappa shape index (κ1) is 58.9. The number of urea groups is 3. The highest BCUT2D eigenvalue weighted by Gasteiger charge is 2.44. The summed E-state index contributed by atoms with van der Waals surface area (Å²) in [6.45, 7) is 7.62. The molecule has 15 aliphatic rings. The lowest BCUT2D eigenvalue weighted by Crippen LogP contribution is -2.35. The Balaban J connectivity index is 0.605. The zero-order chi connectivity index (χ0) is 63.0. The molecule has 6 aromatic rings. The predicted octanol–water partition coefficient (Wildman–Crippen LogP) is 7.97. The van der Waals surface area contributed by atoms with Crippen molar-refractivity contribution in [3.63, 3.8) is 0 Å². The van der Waals surface area contributed by atoms with Crippen LogP contribution in [0.1, 0.15) is 164 Å². The number of hydrogen-bond donors (Lipinski definition) is 7. The van der Waals surface area contributed by atoms with E-state index in [0.717, 1.165) is 219 Å². The van der Waals surface area contributed by atoms with Crippen LogP contribution >= 0.6 is 11.3 Å². The Hall–Kier alpha value is -6.68. The smallest absolute Gasteiger partial charge is 0.333 e. The predicted molar refractivity (Wildman–Crippen MR) is 348 cm³/mol. The summed E-state index contributed by atoms with van der Waals surface area (Å²) in [4.78, 5) is 62.9. The number of piperidine rings is 3. The molecule has 7 N–H and O–H groups in total. The van der Waals surface area contributed by atoms with E-state index in [9.17, 15) is 39.6 Å². The Morgan fingerprint density at radius 2 is 0.935 bits per heavy atom. The Labute approximate surface area is 545 Å². The number of nitrogens with one attached hydrogen (secondary N) is 7. The summed E-state index contributed by atoms with van der Waals surface area (Å²) in [7, 11) is -12.9. The summed E-state index contributed by atoms with van der Waals surface area (Å²) in [6.07, 6.45) is 18.1. The number of carbonyl (C=O) groups is 3. The molecule has 3 aromatic carbocycles. The lowest BCUT2D eigenvalue weighted by atomic mass is 9.86. The third kappa shape index (κ3) is 10.3. The fourth-order valence-corrected chi connectivity index (χ4v) is 23.4. The van der Waals surface area contributed by atoms with Gasteiger partial charge in [-0.3, -0.25) is 14.7 Å². The van der Waals surface area contributed by atoms with Gasteiger partial charge in [-0.25, -0.2) is 38.5 Å². The van der Waals surface area contributed by atoms with Crippen molar-refractivity contribution in [2.75, 3.05) is 55.2 Å². The van der Waals surface area contributed by atoms with Gasteiger partial charge in [0.2, 0.25) is 4.34 Å². The molecule has 488 valence electrons. The van der Waals surface area contributed by atoms with Gasteiger partial charge in [0, 0.05) is 72.0 Å². The average Bonchev–Trinajstić information content (AvgIpc) is 1.68. The summed E-state index contributed by atoms with van der Waals surface area (Å²) in [6, 6.07) is 6.35. The van der Waals surface area contributed by atoms with Gasteiger partial charge >= 0.3 is 18.1 Å². The summed E-state index contributed by atoms with van der Waals surface area (Å²) >= 11 is 1.18. The number of carbonyl (C=O) groups excluding carboxylic acids is 3. The number of H-pyrrole nitrogens is 1. The lowest BCUT2D eigenvalue weighted by Gasteiger charge is -2.26. The van der Waals surface area contributed by atoms with Crippen LogP contribution in [0, 0.1) is 23.7 Å². The third-order valence-electron chi connectivity index (χ3n) is 23.7. The van der Waals surface area contributed by atoms with E-state index in [4.69, 9.17) is 0 Å². The second-order valence-electron chi connectivity index (χ2n) is 29.0. The number of sulfonamides is 3. The van der Waals surface area contributed by atoms with Crippen molar-refractivity contribution in [1.29, 1.82) is 0 Å². The van der Waals surface area contributed by atoms with Crippen LogP contribution in [0.3, 0.4) is 0 Å². The van der Waals surface area contributed by atoms with E-state index in [1.165, 1.54) is 22.5 Å². The minimum Gasteiger partial charge on any atom is -0.348 e. The number of aromatic amines is 1. The molecular weight excluding hydrogens is 1260 g/mol. The van der Waals surface area contributed by atoms with Crippen molar-refractivity contribution in [1.82, 2.24) is 48.4 Å². The zero-order valence-electron chi connectivity index (χ0n) is 51.9. The van der Waals surface area contributed by atoms with Gasteiger partial charge in [0.1, 0.15) is 5.82 Å². The van der Waals surface area contributed by atoms with Crippen molar-refractivity contribution in [2.24, 2.45) is 23.7 Å². The Kier molecular flexibility index (Phi) is 13.9. The van der Waals surface area contributed by atoms with Gasteiger partial charge in [-0.05, 0) is 263 Å². The molecular formula is C67H77N13O9S4. The molecule has 9 aliphatic heterocycles. The van der Waals surface area contributed by atoms with Crippen LogP contribution < -0.4 is 30.1 Å². The highest BCUT2D eigenvalue weighted by Crippen LogP contribution is 2.52. The minimum atomic E-state index is -4.35. The van der Waals surface area contributed by atoms with Crippen molar-refractivity contribution in [2.45, 2.75) is 180 Å². The molecule has 26 heteroatoms. The van der Waals surface area contributed by atoms with Gasteiger partial charge in [-0.1, -0.05) is 18.2 Å². The SMILES string of the molecule is O=C(Nc1c2c(cc3c1CC(C1Cc4cc5c(c(NC(=O)NS(=O)(=O)c6nc7c(s6)C6CCN(CC6)C7)c4C1)CC(C1Cc4cc6c(c(NC(=O)NS(=O)(=O)c7cc8c([nH]7)C7CCN(CC7)C8)c4C1)CCC6)C5)C3)CCC2)NS(=O)(=O)c1cn2c(n1)CN1CCC2CC1. The zero-order valence-corrected chi connectivity index (χ0v) is 55.2. The van der Waals surface area contributed by atoms with Gasteiger partial charge in [0.15, 0.2) is 10.1 Å². The molecule has 4 atom stereocenters. The van der Waals surface area contributed by atoms with Gasteiger partial charge in [-0.15, -0.1) is 11.3 Å². The van der Waals surface area contributed by atoms with E-state index in [2.05, 4.69) is 78.0 Å². The Bertz CT molecular complexity index is 4350. The van der Waals surface area contributed by atoms with Gasteiger partial charge in [-0.2, -0.15) is 25.3 Å². The number of fused-ring (bicyclic) bond motifs is 12. The first-order chi connectivity index (χ1) is 44.9. The highest BCUT2D eigenvalue weighted by molar-refractivity contribution is 7.92. The maximum Gasteiger partial charge on any atom is 0.333 e. The van der Waals surface area contributed by atoms with Crippen molar-refractivity contribution in [3.8, 4) is 0 Å². The number of hydrogen-bond acceptors (Lipinski definition) is 15. The van der Waals surface area contributed by atoms with E-state index in [1.807, 2.05) is 4.57 Å². The number of aromatic nitrogens is 4. The summed E-state index contributed by atoms with van der Waals surface area (Å²) in [5.74, 6) is 1.83. The minimum absolute atomic E-state index is 0.00691. The standard InChI is InChI=1S/C67H77N13O9S4/c81-64(74-91(84,85)57-30-47-31-77-13-7-35(8-14-77)59(47)70-57)71-60-49-5-1-3-37(49)19-43-21-39(26-51(43)60)41-23-45-25-46-24-42(29-54(46)62(53(45)28-41)73-66(83)76-93(88,89)67-68-55-32-78-15-9-36(10-16-78)63(55)90-67)40-22-44-20-38-4-2-6-50(38)61(52(44)27-40)72-65(82)75-92(86,87)58-34-80-48-11-17-79(18-12-48)33-56(80)69-58/h19-20,25,30,34-36,39-42,48,70H,1-18,21-24,26-29,31-33H2,(H2,71,74,81)(H2,72,75,82)(H2,73,76,83). The number of rotatable bonds is 11. The largest absolute Gasteiger partial charge is 0.348 e. The van der Waals surface area contributed by atoms with Crippen molar-refractivity contribution in [3.05, 3.63) is 125 Å². The van der Waals surface area contributed by atoms with E-state index in [0.29, 0.717) is 68.2 Å². The molecule has 6 amide bonds. The third-order valence-corrected chi connectivity index (χ3v) is 29.1. The molecule has 0 radical (unpaired) electrons. The average molecular weight is 1340 g/mol. The number of nitrogens with zero attached hydrogens (tertiary/aromatic N) is 6. The summed E-state index contributed by atoms with van der Waals surface area (Å²) in [5, 5.41) is 9.18. The van der Waals surface area contributed by atoms with Crippen molar-refractivity contribution >= 4 is 76.6 Å². The van der Waals surface area contributed by atoms with E-state index < -0.39 is 48.2 Å². The molecule has 21 rings (SSSR count). The number of aryl methyl sites for hydroxylation is 2. The number of imidazole rings is 1. The summed E-state index contributed by atoms with van der Waals surface area (Å²) < 4.78 is 93.1. The molecule has 3 saturated heterocycles. The molecule has 6 aliphatic carbocycles. The van der Waals surface area contributed by atoms with Crippen LogP contribution in [0.2, 0.25) is 0 Å². The molecule has 4 unspecified atom stereocenters. The van der Waals surface area contributed by atoms with E-state index >= 15 is 0 Å². The van der Waals surface area contributed by atoms with Crippen LogP contribution in [0.25, 0.3) is 0 Å². The first-order valence-electron chi connectivity index (χ1n) is 33.8. The second kappa shape index (κ2) is 21.9. The van der Waals surface area contributed by atoms with Crippen LogP contribution in [0.4, 0.5) is 31.4 Å². The molecule has 0 spiro atoms. The Morgan fingerprint density at radius 1 is 0.473 bits per heavy atom. The van der Waals surface area contributed by atoms with Crippen LogP contribution in [0.15, 0.2) is 44.9 Å². The molecule has 3 aromatic heterocycles. The lowest BCUT2D eigenvalue weighted by molar-refractivity contribution is 0.208. The number of amides is 6. The quantitative estimate of drug-likeness (QED) is 0.0648. The van der Waals surface area contributed by atoms with Crippen LogP contribution in [-0.2, 0) is 127 Å². The van der Waals surface area contributed by atoms with Crippen molar-refractivity contribution < 1.29 is 39.6 Å². The van der Waals surface area contributed by atoms with Gasteiger partial charge in [0.05, 0.1) is 12.2 Å². The molecule has 3 fully saturated rings. The molecule has 93 heavy (non-hydrogen) atoms. The number of benzene rings is 3. The van der Waals surface area contributed by atoms with E-state index in [-0.39, 0.29) is 55.9 Å². The Morgan fingerprint density at radius 3 is 1.48 bits per heavy atom. The molecule has 6 bridgehead atoms. The summed E-state index contributed by atoms with van der Waals surface area (Å²) in [5.41, 5.74) is 17.9.